The number of hydrogen-bond donors (Lipinski definition) is 2. The molecule has 2 N–H and O–H groups in total. The van der Waals surface area contributed by atoms with Crippen molar-refractivity contribution in [3.63, 3.8) is 0 Å². The highest BCUT2D eigenvalue weighted by atomic mass is 16.3. The molecule has 4 heteroatoms. The fourth-order valence-electron chi connectivity index (χ4n) is 2.26. The van der Waals surface area contributed by atoms with Crippen LogP contribution in [-0.2, 0) is 6.42 Å². The Morgan fingerprint density at radius 1 is 1.47 bits per heavy atom. The van der Waals surface area contributed by atoms with Crippen LogP contribution in [-0.4, -0.2) is 24.6 Å². The minimum Gasteiger partial charge on any atom is -0.449 e. The predicted octanol–water partition coefficient (Wildman–Crippen LogP) is 0.861. The molecule has 3 heterocycles. The van der Waals surface area contributed by atoms with Crippen LogP contribution < -0.4 is 10.6 Å². The van der Waals surface area contributed by atoms with Gasteiger partial charge >= 0.3 is 0 Å². The first-order valence-electron chi connectivity index (χ1n) is 5.80. The summed E-state index contributed by atoms with van der Waals surface area (Å²) in [6, 6.07) is 0.432. The molecule has 1 aromatic heterocycles. The molecule has 0 saturated carbocycles. The van der Waals surface area contributed by atoms with Crippen molar-refractivity contribution in [2.24, 2.45) is 5.92 Å². The van der Waals surface area contributed by atoms with Gasteiger partial charge in [-0.15, -0.1) is 0 Å². The molecule has 0 amide bonds. The Bertz CT molecular complexity index is 326. The van der Waals surface area contributed by atoms with Crippen molar-refractivity contribution in [1.29, 1.82) is 0 Å². The Morgan fingerprint density at radius 3 is 3.07 bits per heavy atom. The van der Waals surface area contributed by atoms with E-state index in [-0.39, 0.29) is 0 Å². The molecule has 0 spiro atoms. The van der Waals surface area contributed by atoms with Gasteiger partial charge in [-0.25, -0.2) is 4.98 Å². The van der Waals surface area contributed by atoms with Gasteiger partial charge in [-0.2, -0.15) is 0 Å². The quantitative estimate of drug-likeness (QED) is 0.772. The summed E-state index contributed by atoms with van der Waals surface area (Å²) in [4.78, 5) is 4.56. The molecule has 0 bridgehead atoms. The van der Waals surface area contributed by atoms with E-state index in [0.717, 1.165) is 43.6 Å². The zero-order valence-corrected chi connectivity index (χ0v) is 8.83. The van der Waals surface area contributed by atoms with Crippen molar-refractivity contribution in [2.75, 3.05) is 19.6 Å². The summed E-state index contributed by atoms with van der Waals surface area (Å²) < 4.78 is 5.50. The summed E-state index contributed by atoms with van der Waals surface area (Å²) in [5, 5.41) is 6.69. The lowest BCUT2D eigenvalue weighted by molar-refractivity contribution is 0.318. The van der Waals surface area contributed by atoms with Crippen molar-refractivity contribution < 1.29 is 4.42 Å². The molecule has 2 aliphatic heterocycles. The monoisotopic (exact) mass is 207 g/mol. The van der Waals surface area contributed by atoms with Gasteiger partial charge in [-0.1, -0.05) is 0 Å². The van der Waals surface area contributed by atoms with E-state index >= 15 is 0 Å². The first kappa shape index (κ1) is 9.36. The number of rotatable bonds is 3. The lowest BCUT2D eigenvalue weighted by Gasteiger charge is -2.25. The molecule has 0 aromatic carbocycles. The highest BCUT2D eigenvalue weighted by Gasteiger charge is 2.22. The standard InChI is InChI=1S/C11H17N3O/c1-2-9(13-3-1)10-7-15-11(14-10)4-8-5-12-6-8/h7-9,12-13H,1-6H2. The maximum atomic E-state index is 5.50. The van der Waals surface area contributed by atoms with Crippen LogP contribution in [0.25, 0.3) is 0 Å². The number of hydrogen-bond acceptors (Lipinski definition) is 4. The molecule has 3 rings (SSSR count). The molecule has 82 valence electrons. The molecular formula is C11H17N3O. The normalized spacial score (nSPS) is 26.8. The maximum absolute atomic E-state index is 5.50. The van der Waals surface area contributed by atoms with E-state index in [2.05, 4.69) is 15.6 Å². The fraction of sp³-hybridized carbons (Fsp3) is 0.727. The Balaban J connectivity index is 1.64. The second kappa shape index (κ2) is 3.94. The molecule has 2 aliphatic rings. The van der Waals surface area contributed by atoms with Crippen LogP contribution in [0.5, 0.6) is 0 Å². The number of nitrogens with zero attached hydrogens (tertiary/aromatic N) is 1. The molecule has 0 aliphatic carbocycles. The number of nitrogens with one attached hydrogen (secondary N) is 2. The maximum Gasteiger partial charge on any atom is 0.194 e. The highest BCUT2D eigenvalue weighted by Crippen LogP contribution is 2.23. The average molecular weight is 207 g/mol. The minimum atomic E-state index is 0.432. The second-order valence-corrected chi connectivity index (χ2v) is 4.54. The zero-order chi connectivity index (χ0) is 10.1. The minimum absolute atomic E-state index is 0.432. The van der Waals surface area contributed by atoms with Gasteiger partial charge in [0.25, 0.3) is 0 Å². The molecule has 1 atom stereocenters. The van der Waals surface area contributed by atoms with Gasteiger partial charge < -0.3 is 15.1 Å². The van der Waals surface area contributed by atoms with Gasteiger partial charge in [0.15, 0.2) is 5.89 Å². The van der Waals surface area contributed by atoms with Crippen LogP contribution in [0, 0.1) is 5.92 Å². The van der Waals surface area contributed by atoms with E-state index < -0.39 is 0 Å². The van der Waals surface area contributed by atoms with Gasteiger partial charge in [0.2, 0.25) is 0 Å². The fourth-order valence-corrected chi connectivity index (χ4v) is 2.26. The summed E-state index contributed by atoms with van der Waals surface area (Å²) in [7, 11) is 0. The van der Waals surface area contributed by atoms with Crippen LogP contribution in [0.1, 0.15) is 30.5 Å². The molecule has 15 heavy (non-hydrogen) atoms. The largest absolute Gasteiger partial charge is 0.449 e. The Labute approximate surface area is 89.5 Å². The van der Waals surface area contributed by atoms with E-state index in [9.17, 15) is 0 Å². The van der Waals surface area contributed by atoms with Crippen molar-refractivity contribution in [1.82, 2.24) is 15.6 Å². The van der Waals surface area contributed by atoms with Gasteiger partial charge in [-0.05, 0) is 38.4 Å². The molecule has 1 aromatic rings. The van der Waals surface area contributed by atoms with Crippen LogP contribution in [0.3, 0.4) is 0 Å². The lowest BCUT2D eigenvalue weighted by atomic mass is 10.00. The Kier molecular flexibility index (Phi) is 2.46. The summed E-state index contributed by atoms with van der Waals surface area (Å²) in [6.07, 6.45) is 5.25. The first-order chi connectivity index (χ1) is 7.42. The summed E-state index contributed by atoms with van der Waals surface area (Å²) >= 11 is 0. The first-order valence-corrected chi connectivity index (χ1v) is 5.80. The average Bonchev–Trinajstić information content (AvgIpc) is 2.82. The molecule has 0 radical (unpaired) electrons. The molecule has 2 saturated heterocycles. The van der Waals surface area contributed by atoms with E-state index in [1.807, 2.05) is 6.26 Å². The van der Waals surface area contributed by atoms with Crippen molar-refractivity contribution in [3.05, 3.63) is 17.8 Å². The van der Waals surface area contributed by atoms with E-state index in [0.29, 0.717) is 6.04 Å². The smallest absolute Gasteiger partial charge is 0.194 e. The summed E-state index contributed by atoms with van der Waals surface area (Å²) in [6.45, 7) is 3.33. The van der Waals surface area contributed by atoms with E-state index in [1.165, 1.54) is 12.8 Å². The highest BCUT2D eigenvalue weighted by molar-refractivity contribution is 5.05. The molecule has 2 fully saturated rings. The number of aromatic nitrogens is 1. The van der Waals surface area contributed by atoms with E-state index in [1.54, 1.807) is 0 Å². The van der Waals surface area contributed by atoms with Crippen LogP contribution in [0.2, 0.25) is 0 Å². The van der Waals surface area contributed by atoms with Gasteiger partial charge in [0.1, 0.15) is 6.26 Å². The van der Waals surface area contributed by atoms with Gasteiger partial charge in [0, 0.05) is 6.42 Å². The van der Waals surface area contributed by atoms with Crippen molar-refractivity contribution >= 4 is 0 Å². The molecule has 4 nitrogen and oxygen atoms in total. The lowest BCUT2D eigenvalue weighted by Crippen LogP contribution is -2.43. The predicted molar refractivity (Wildman–Crippen MR) is 56.5 cm³/mol. The molecule has 1 unspecified atom stereocenters. The zero-order valence-electron chi connectivity index (χ0n) is 8.83. The Hall–Kier alpha value is -0.870. The summed E-state index contributed by atoms with van der Waals surface area (Å²) in [5.74, 6) is 1.64. The van der Waals surface area contributed by atoms with Crippen LogP contribution >= 0.6 is 0 Å². The SMILES string of the molecule is c1oc(CC2CNC2)nc1C1CCCN1. The van der Waals surface area contributed by atoms with E-state index in [4.69, 9.17) is 4.42 Å². The van der Waals surface area contributed by atoms with Crippen LogP contribution in [0.4, 0.5) is 0 Å². The molecular weight excluding hydrogens is 190 g/mol. The summed E-state index contributed by atoms with van der Waals surface area (Å²) in [5.41, 5.74) is 1.09. The third-order valence-corrected chi connectivity index (χ3v) is 3.32. The second-order valence-electron chi connectivity index (χ2n) is 4.54. The number of oxazole rings is 1. The van der Waals surface area contributed by atoms with Crippen molar-refractivity contribution in [3.8, 4) is 0 Å². The van der Waals surface area contributed by atoms with Gasteiger partial charge in [0.05, 0.1) is 11.7 Å². The van der Waals surface area contributed by atoms with Crippen molar-refractivity contribution in [2.45, 2.75) is 25.3 Å². The third-order valence-electron chi connectivity index (χ3n) is 3.32. The topological polar surface area (TPSA) is 50.1 Å². The van der Waals surface area contributed by atoms with Crippen LogP contribution in [0.15, 0.2) is 10.7 Å². The van der Waals surface area contributed by atoms with Gasteiger partial charge in [-0.3, -0.25) is 0 Å². The third kappa shape index (κ3) is 1.92. The Morgan fingerprint density at radius 2 is 2.40 bits per heavy atom.